The van der Waals surface area contributed by atoms with E-state index in [0.29, 0.717) is 29.7 Å². The lowest BCUT2D eigenvalue weighted by molar-refractivity contribution is 0.0375. The molecule has 1 aromatic rings. The Morgan fingerprint density at radius 2 is 2.07 bits per heavy atom. The van der Waals surface area contributed by atoms with Gasteiger partial charge in [-0.25, -0.2) is 4.79 Å². The molecule has 0 aromatic carbocycles. The molecule has 2 saturated carbocycles. The van der Waals surface area contributed by atoms with Crippen molar-refractivity contribution >= 4 is 5.97 Å². The summed E-state index contributed by atoms with van der Waals surface area (Å²) in [5, 5.41) is 7.72. The summed E-state index contributed by atoms with van der Waals surface area (Å²) in [7, 11) is 1.75. The molecule has 6 atom stereocenters. The average Bonchev–Trinajstić information content (AvgIpc) is 3.45. The molecular weight excluding hydrogens is 366 g/mol. The lowest BCUT2D eigenvalue weighted by Gasteiger charge is -2.43. The van der Waals surface area contributed by atoms with E-state index in [4.69, 9.17) is 4.74 Å². The third kappa shape index (κ3) is 2.82. The van der Waals surface area contributed by atoms with Crippen molar-refractivity contribution in [3.63, 3.8) is 0 Å². The van der Waals surface area contributed by atoms with E-state index in [-0.39, 0.29) is 17.8 Å². The van der Waals surface area contributed by atoms with E-state index in [1.165, 1.54) is 29.5 Å². The highest BCUT2D eigenvalue weighted by Crippen LogP contribution is 2.53. The summed E-state index contributed by atoms with van der Waals surface area (Å²) in [6.07, 6.45) is 14.4. The maximum Gasteiger partial charge on any atom is 0.361 e. The van der Waals surface area contributed by atoms with E-state index in [9.17, 15) is 4.79 Å². The molecule has 7 heteroatoms. The molecule has 4 aliphatic carbocycles. The summed E-state index contributed by atoms with van der Waals surface area (Å²) in [5.74, 6) is 2.01. The van der Waals surface area contributed by atoms with Crippen molar-refractivity contribution in [1.29, 1.82) is 0 Å². The largest absolute Gasteiger partial charge is 0.453 e. The van der Waals surface area contributed by atoms with Gasteiger partial charge in [-0.15, -0.1) is 5.10 Å². The Kier molecular flexibility index (Phi) is 4.03. The Morgan fingerprint density at radius 3 is 2.93 bits per heavy atom. The second kappa shape index (κ2) is 6.64. The number of hydrazine groups is 1. The van der Waals surface area contributed by atoms with Gasteiger partial charge >= 0.3 is 5.97 Å². The molecule has 152 valence electrons. The molecule has 2 heterocycles. The highest BCUT2D eigenvalue weighted by Gasteiger charge is 2.46. The first-order chi connectivity index (χ1) is 14.2. The minimum Gasteiger partial charge on any atom is -0.453 e. The van der Waals surface area contributed by atoms with E-state index >= 15 is 0 Å². The lowest BCUT2D eigenvalue weighted by Crippen LogP contribution is -2.39. The van der Waals surface area contributed by atoms with Crippen LogP contribution in [-0.4, -0.2) is 39.7 Å². The Labute approximate surface area is 170 Å². The van der Waals surface area contributed by atoms with Crippen molar-refractivity contribution in [3.05, 3.63) is 46.8 Å². The average molecular weight is 393 g/mol. The van der Waals surface area contributed by atoms with Crippen molar-refractivity contribution < 1.29 is 9.53 Å². The number of hydrogen-bond donors (Lipinski definition) is 2. The van der Waals surface area contributed by atoms with E-state index in [2.05, 4.69) is 39.4 Å². The van der Waals surface area contributed by atoms with Crippen LogP contribution >= 0.6 is 0 Å². The van der Waals surface area contributed by atoms with Gasteiger partial charge in [0.05, 0.1) is 6.20 Å². The number of ether oxygens (including phenoxy) is 1. The van der Waals surface area contributed by atoms with Crippen LogP contribution in [0, 0.1) is 23.7 Å². The molecule has 0 spiro atoms. The topological polar surface area (TPSA) is 81.1 Å². The summed E-state index contributed by atoms with van der Waals surface area (Å²) < 4.78 is 7.37. The van der Waals surface area contributed by atoms with Crippen LogP contribution < -0.4 is 10.9 Å². The number of aryl methyl sites for hydroxylation is 1. The van der Waals surface area contributed by atoms with Gasteiger partial charge in [-0.3, -0.25) is 15.5 Å². The predicted octanol–water partition coefficient (Wildman–Crippen LogP) is 2.07. The van der Waals surface area contributed by atoms with E-state index in [0.717, 1.165) is 19.4 Å². The van der Waals surface area contributed by atoms with Crippen molar-refractivity contribution in [1.82, 2.24) is 25.8 Å². The van der Waals surface area contributed by atoms with Crippen LogP contribution in [0.1, 0.15) is 42.6 Å². The van der Waals surface area contributed by atoms with E-state index in [1.54, 1.807) is 24.4 Å². The second-order valence-corrected chi connectivity index (χ2v) is 9.18. The molecule has 0 amide bonds. The maximum atomic E-state index is 12.5. The molecule has 6 unspecified atom stereocenters. The van der Waals surface area contributed by atoms with Crippen molar-refractivity contribution in [2.45, 2.75) is 44.2 Å². The summed E-state index contributed by atoms with van der Waals surface area (Å²) in [6.45, 7) is 1.03. The zero-order valence-electron chi connectivity index (χ0n) is 16.7. The third-order valence-corrected chi connectivity index (χ3v) is 7.61. The highest BCUT2D eigenvalue weighted by atomic mass is 16.5. The minimum absolute atomic E-state index is 0.127. The number of hydrogen-bond acceptors (Lipinski definition) is 6. The molecule has 5 aliphatic rings. The van der Waals surface area contributed by atoms with Gasteiger partial charge in [-0.2, -0.15) is 0 Å². The molecule has 29 heavy (non-hydrogen) atoms. The minimum atomic E-state index is -0.370. The van der Waals surface area contributed by atoms with Gasteiger partial charge in [0.1, 0.15) is 6.10 Å². The number of fused-ring (bicyclic) bond motifs is 6. The van der Waals surface area contributed by atoms with E-state index in [1.807, 2.05) is 0 Å². The fraction of sp³-hybridized carbons (Fsp3) is 0.591. The number of allylic oxidation sites excluding steroid dienone is 4. The summed E-state index contributed by atoms with van der Waals surface area (Å²) in [6, 6.07) is 0.590. The number of nitrogens with zero attached hydrogens (tertiary/aromatic N) is 3. The predicted molar refractivity (Wildman–Crippen MR) is 106 cm³/mol. The van der Waals surface area contributed by atoms with Crippen LogP contribution in [0.25, 0.3) is 0 Å². The first-order valence-electron chi connectivity index (χ1n) is 10.9. The van der Waals surface area contributed by atoms with Gasteiger partial charge in [-0.1, -0.05) is 23.4 Å². The molecular formula is C22H27N5O2. The Bertz CT molecular complexity index is 945. The number of carbonyl (C=O) groups excluding carboxylic acids is 1. The van der Waals surface area contributed by atoms with Crippen molar-refractivity contribution in [2.24, 2.45) is 30.7 Å². The molecule has 3 fully saturated rings. The number of carbonyl (C=O) groups is 1. The first kappa shape index (κ1) is 17.6. The smallest absolute Gasteiger partial charge is 0.361 e. The fourth-order valence-electron chi connectivity index (χ4n) is 6.27. The molecule has 0 radical (unpaired) electrons. The van der Waals surface area contributed by atoms with Crippen LogP contribution in [-0.2, 0) is 11.8 Å². The zero-order valence-corrected chi connectivity index (χ0v) is 16.7. The monoisotopic (exact) mass is 393 g/mol. The number of nitrogens with one attached hydrogen (secondary N) is 2. The van der Waals surface area contributed by atoms with Crippen LogP contribution in [0.15, 0.2) is 41.1 Å². The molecule has 1 saturated heterocycles. The molecule has 2 N–H and O–H groups in total. The lowest BCUT2D eigenvalue weighted by atomic mass is 9.62. The maximum absolute atomic E-state index is 12.5. The third-order valence-electron chi connectivity index (χ3n) is 7.61. The highest BCUT2D eigenvalue weighted by molar-refractivity contribution is 5.87. The number of aromatic nitrogens is 3. The van der Waals surface area contributed by atoms with Gasteiger partial charge in [0.2, 0.25) is 0 Å². The van der Waals surface area contributed by atoms with Crippen LogP contribution in [0.2, 0.25) is 0 Å². The standard InChI is InChI=1S/C22H27N5O2/c1-27-11-20(25-26-27)22(28)29-21-7-6-15-14-3-2-12-9-19-13(10-23-24-19)8-18(12)16(14)4-5-17(15)21/h4-5,8,11-15,19,21,23-24H,2-3,6-7,9-10H2,1H3. The molecule has 0 bridgehead atoms. The Hall–Kier alpha value is -2.25. The Morgan fingerprint density at radius 1 is 1.17 bits per heavy atom. The number of rotatable bonds is 2. The summed E-state index contributed by atoms with van der Waals surface area (Å²) >= 11 is 0. The number of esters is 1. The quantitative estimate of drug-likeness (QED) is 0.749. The van der Waals surface area contributed by atoms with Gasteiger partial charge in [0.15, 0.2) is 5.69 Å². The molecule has 7 nitrogen and oxygen atoms in total. The van der Waals surface area contributed by atoms with Crippen LogP contribution in [0.3, 0.4) is 0 Å². The molecule has 1 aromatic heterocycles. The summed E-state index contributed by atoms with van der Waals surface area (Å²) in [4.78, 5) is 12.5. The van der Waals surface area contributed by atoms with Crippen LogP contribution in [0.5, 0.6) is 0 Å². The van der Waals surface area contributed by atoms with Gasteiger partial charge in [-0.05, 0) is 66.6 Å². The Balaban J connectivity index is 1.26. The van der Waals surface area contributed by atoms with Crippen molar-refractivity contribution in [2.75, 3.05) is 6.54 Å². The molecule has 6 rings (SSSR count). The van der Waals surface area contributed by atoms with Gasteiger partial charge in [0.25, 0.3) is 0 Å². The second-order valence-electron chi connectivity index (χ2n) is 9.18. The van der Waals surface area contributed by atoms with Crippen molar-refractivity contribution in [3.8, 4) is 0 Å². The first-order valence-corrected chi connectivity index (χ1v) is 10.9. The fourth-order valence-corrected chi connectivity index (χ4v) is 6.27. The zero-order chi connectivity index (χ0) is 19.5. The molecule has 1 aliphatic heterocycles. The van der Waals surface area contributed by atoms with Gasteiger partial charge < -0.3 is 4.74 Å². The normalized spacial score (nSPS) is 37.5. The van der Waals surface area contributed by atoms with Gasteiger partial charge in [0, 0.05) is 25.6 Å². The van der Waals surface area contributed by atoms with E-state index < -0.39 is 0 Å². The SMILES string of the molecule is Cn1cc(C(=O)OC2CCC3C2=CC=C2C4=CC5CNNC5CC4CCC23)nn1. The summed E-state index contributed by atoms with van der Waals surface area (Å²) in [5.41, 5.74) is 11.5. The van der Waals surface area contributed by atoms with Crippen LogP contribution in [0.4, 0.5) is 0 Å².